The van der Waals surface area contributed by atoms with Crippen LogP contribution in [0, 0.1) is 0 Å². The number of halogens is 1. The minimum Gasteiger partial charge on any atom is -0.354 e. The zero-order valence-electron chi connectivity index (χ0n) is 12.4. The van der Waals surface area contributed by atoms with Gasteiger partial charge in [-0.2, -0.15) is 0 Å². The summed E-state index contributed by atoms with van der Waals surface area (Å²) in [4.78, 5) is 23.2. The van der Waals surface area contributed by atoms with Crippen LogP contribution >= 0.6 is 15.9 Å². The maximum atomic E-state index is 11.6. The minimum atomic E-state index is -0.122. The molecule has 1 aromatic rings. The first-order valence-electron chi connectivity index (χ1n) is 7.63. The fourth-order valence-electron chi connectivity index (χ4n) is 2.66. The second-order valence-corrected chi connectivity index (χ2v) is 6.19. The molecule has 1 fully saturated rings. The molecule has 1 aliphatic rings. The van der Waals surface area contributed by atoms with Crippen LogP contribution in [-0.2, 0) is 0 Å². The van der Waals surface area contributed by atoms with E-state index in [1.165, 1.54) is 19.2 Å². The van der Waals surface area contributed by atoms with Crippen molar-refractivity contribution in [3.05, 3.63) is 21.2 Å². The SMILES string of the molecule is NCCCCCN1CCCN(c2nc[nH]c(=O)c2Br)CC1. The molecule has 0 radical (unpaired) electrons. The summed E-state index contributed by atoms with van der Waals surface area (Å²) in [6.07, 6.45) is 6.10. The molecule has 0 amide bonds. The van der Waals surface area contributed by atoms with Crippen molar-refractivity contribution in [1.29, 1.82) is 0 Å². The predicted molar refractivity (Wildman–Crippen MR) is 88.7 cm³/mol. The third-order valence-corrected chi connectivity index (χ3v) is 4.56. The molecule has 118 valence electrons. The Labute approximate surface area is 133 Å². The highest BCUT2D eigenvalue weighted by Crippen LogP contribution is 2.20. The average molecular weight is 358 g/mol. The molecule has 0 spiro atoms. The van der Waals surface area contributed by atoms with Gasteiger partial charge in [0.05, 0.1) is 6.33 Å². The van der Waals surface area contributed by atoms with Gasteiger partial charge in [0.25, 0.3) is 5.56 Å². The van der Waals surface area contributed by atoms with E-state index in [-0.39, 0.29) is 5.56 Å². The van der Waals surface area contributed by atoms with Gasteiger partial charge < -0.3 is 20.5 Å². The van der Waals surface area contributed by atoms with Crippen LogP contribution in [-0.4, -0.2) is 54.1 Å². The molecule has 0 atom stereocenters. The summed E-state index contributed by atoms with van der Waals surface area (Å²) >= 11 is 3.34. The minimum absolute atomic E-state index is 0.122. The van der Waals surface area contributed by atoms with Crippen molar-refractivity contribution in [2.45, 2.75) is 25.7 Å². The second-order valence-electron chi connectivity index (χ2n) is 5.40. The molecule has 3 N–H and O–H groups in total. The molecule has 2 heterocycles. The van der Waals surface area contributed by atoms with Crippen molar-refractivity contribution in [3.63, 3.8) is 0 Å². The predicted octanol–water partition coefficient (Wildman–Crippen LogP) is 1.17. The van der Waals surface area contributed by atoms with E-state index >= 15 is 0 Å². The monoisotopic (exact) mass is 357 g/mol. The number of hydrogen-bond donors (Lipinski definition) is 2. The van der Waals surface area contributed by atoms with Gasteiger partial charge in [-0.25, -0.2) is 4.98 Å². The molecule has 1 aliphatic heterocycles. The Kier molecular flexibility index (Phi) is 6.66. The quantitative estimate of drug-likeness (QED) is 0.747. The number of unbranched alkanes of at least 4 members (excludes halogenated alkanes) is 2. The van der Waals surface area contributed by atoms with Gasteiger partial charge in [-0.15, -0.1) is 0 Å². The number of aromatic amines is 1. The molecule has 7 heteroatoms. The Morgan fingerprint density at radius 3 is 2.90 bits per heavy atom. The Bertz CT molecular complexity index is 492. The van der Waals surface area contributed by atoms with Crippen LogP contribution in [0.4, 0.5) is 5.82 Å². The Morgan fingerprint density at radius 1 is 1.24 bits per heavy atom. The lowest BCUT2D eigenvalue weighted by atomic mass is 10.2. The van der Waals surface area contributed by atoms with E-state index in [9.17, 15) is 4.79 Å². The first kappa shape index (κ1) is 16.5. The fourth-order valence-corrected chi connectivity index (χ4v) is 3.12. The van der Waals surface area contributed by atoms with Crippen LogP contribution in [0.2, 0.25) is 0 Å². The number of nitrogens with two attached hydrogens (primary N) is 1. The lowest BCUT2D eigenvalue weighted by Gasteiger charge is -2.23. The maximum Gasteiger partial charge on any atom is 0.267 e. The van der Waals surface area contributed by atoms with Crippen LogP contribution in [0.25, 0.3) is 0 Å². The maximum absolute atomic E-state index is 11.6. The molecule has 6 nitrogen and oxygen atoms in total. The number of aromatic nitrogens is 2. The molecule has 1 saturated heterocycles. The van der Waals surface area contributed by atoms with Gasteiger partial charge in [0.15, 0.2) is 0 Å². The molecule has 0 aromatic carbocycles. The van der Waals surface area contributed by atoms with E-state index < -0.39 is 0 Å². The van der Waals surface area contributed by atoms with E-state index in [1.807, 2.05) is 0 Å². The first-order chi connectivity index (χ1) is 10.2. The Balaban J connectivity index is 1.88. The summed E-state index contributed by atoms with van der Waals surface area (Å²) in [6.45, 7) is 5.90. The molecule has 0 aliphatic carbocycles. The van der Waals surface area contributed by atoms with Crippen molar-refractivity contribution in [2.24, 2.45) is 5.73 Å². The van der Waals surface area contributed by atoms with E-state index in [0.717, 1.165) is 57.9 Å². The normalized spacial score (nSPS) is 17.0. The van der Waals surface area contributed by atoms with Crippen LogP contribution in [0.5, 0.6) is 0 Å². The number of anilines is 1. The molecule has 2 rings (SSSR count). The Hall–Kier alpha value is -0.920. The standard InChI is InChI=1S/C14H24BrN5O/c15-12-13(17-11-18-14(12)21)20-8-4-7-19(9-10-20)6-3-1-2-5-16/h11H,1-10,16H2,(H,17,18,21). The van der Waals surface area contributed by atoms with Crippen LogP contribution in [0.1, 0.15) is 25.7 Å². The number of H-pyrrole nitrogens is 1. The van der Waals surface area contributed by atoms with Gasteiger partial charge in [0.2, 0.25) is 0 Å². The summed E-state index contributed by atoms with van der Waals surface area (Å²) in [7, 11) is 0. The van der Waals surface area contributed by atoms with Gasteiger partial charge in [-0.1, -0.05) is 6.42 Å². The molecule has 1 aromatic heterocycles. The topological polar surface area (TPSA) is 78.2 Å². The van der Waals surface area contributed by atoms with E-state index in [0.29, 0.717) is 4.47 Å². The number of nitrogens with zero attached hydrogens (tertiary/aromatic N) is 3. The van der Waals surface area contributed by atoms with Gasteiger partial charge in [-0.3, -0.25) is 4.79 Å². The van der Waals surface area contributed by atoms with E-state index in [4.69, 9.17) is 5.73 Å². The zero-order valence-corrected chi connectivity index (χ0v) is 13.9. The zero-order chi connectivity index (χ0) is 15.1. The number of hydrogen-bond acceptors (Lipinski definition) is 5. The molecular weight excluding hydrogens is 334 g/mol. The third kappa shape index (κ3) is 4.79. The first-order valence-corrected chi connectivity index (χ1v) is 8.42. The van der Waals surface area contributed by atoms with Gasteiger partial charge >= 0.3 is 0 Å². The summed E-state index contributed by atoms with van der Waals surface area (Å²) in [5.41, 5.74) is 5.40. The lowest BCUT2D eigenvalue weighted by molar-refractivity contribution is 0.286. The van der Waals surface area contributed by atoms with Crippen molar-refractivity contribution in [1.82, 2.24) is 14.9 Å². The molecular formula is C14H24BrN5O. The van der Waals surface area contributed by atoms with Gasteiger partial charge in [0.1, 0.15) is 10.3 Å². The number of rotatable bonds is 6. The van der Waals surface area contributed by atoms with Crippen molar-refractivity contribution < 1.29 is 0 Å². The summed E-state index contributed by atoms with van der Waals surface area (Å²) in [5.74, 6) is 0.753. The van der Waals surface area contributed by atoms with Crippen molar-refractivity contribution >= 4 is 21.7 Å². The van der Waals surface area contributed by atoms with Crippen molar-refractivity contribution in [3.8, 4) is 0 Å². The highest BCUT2D eigenvalue weighted by Gasteiger charge is 2.18. The molecule has 21 heavy (non-hydrogen) atoms. The summed E-state index contributed by atoms with van der Waals surface area (Å²) in [6, 6.07) is 0. The van der Waals surface area contributed by atoms with Crippen LogP contribution in [0.3, 0.4) is 0 Å². The number of nitrogens with one attached hydrogen (secondary N) is 1. The largest absolute Gasteiger partial charge is 0.354 e. The highest BCUT2D eigenvalue weighted by molar-refractivity contribution is 9.10. The average Bonchev–Trinajstić information content (AvgIpc) is 2.72. The summed E-state index contributed by atoms with van der Waals surface area (Å²) < 4.78 is 0.529. The molecule has 0 bridgehead atoms. The van der Waals surface area contributed by atoms with Gasteiger partial charge in [0, 0.05) is 19.6 Å². The second kappa shape index (κ2) is 8.51. The highest BCUT2D eigenvalue weighted by atomic mass is 79.9. The molecule has 0 unspecified atom stereocenters. The van der Waals surface area contributed by atoms with Crippen LogP contribution < -0.4 is 16.2 Å². The van der Waals surface area contributed by atoms with E-state index in [2.05, 4.69) is 35.7 Å². The lowest BCUT2D eigenvalue weighted by Crippen LogP contribution is -2.32. The van der Waals surface area contributed by atoms with Gasteiger partial charge in [-0.05, 0) is 54.8 Å². The van der Waals surface area contributed by atoms with Crippen molar-refractivity contribution in [2.75, 3.05) is 44.2 Å². The Morgan fingerprint density at radius 2 is 2.10 bits per heavy atom. The fraction of sp³-hybridized carbons (Fsp3) is 0.714. The van der Waals surface area contributed by atoms with Crippen LogP contribution in [0.15, 0.2) is 15.6 Å². The van der Waals surface area contributed by atoms with E-state index in [1.54, 1.807) is 0 Å². The summed E-state index contributed by atoms with van der Waals surface area (Å²) in [5, 5.41) is 0. The third-order valence-electron chi connectivity index (χ3n) is 3.84. The molecule has 0 saturated carbocycles. The smallest absolute Gasteiger partial charge is 0.267 e.